The summed E-state index contributed by atoms with van der Waals surface area (Å²) < 4.78 is 2.06. The van der Waals surface area contributed by atoms with Crippen molar-refractivity contribution < 1.29 is 0 Å². The smallest absolute Gasteiger partial charge is 0.0773 e. The Morgan fingerprint density at radius 1 is 0.900 bits per heavy atom. The molecule has 2 heteroatoms. The molecule has 3 aromatic rings. The lowest BCUT2D eigenvalue weighted by Gasteiger charge is -2.08. The fraction of sp³-hybridized carbons (Fsp3) is 0.167. The maximum absolute atomic E-state index is 4.79. The molecule has 0 aliphatic rings. The number of hydrogen-bond donors (Lipinski definition) is 0. The second-order valence-corrected chi connectivity index (χ2v) is 4.89. The number of para-hydroxylation sites is 1. The molecule has 1 heterocycles. The molecule has 0 unspecified atom stereocenters. The van der Waals surface area contributed by atoms with Gasteiger partial charge in [-0.25, -0.2) is 4.68 Å². The number of hydrogen-bond acceptors (Lipinski definition) is 1. The van der Waals surface area contributed by atoms with Gasteiger partial charge in [0.15, 0.2) is 0 Å². The summed E-state index contributed by atoms with van der Waals surface area (Å²) in [7, 11) is 0. The first-order valence-electron chi connectivity index (χ1n) is 7.00. The quantitative estimate of drug-likeness (QED) is 0.683. The molecule has 0 spiro atoms. The van der Waals surface area contributed by atoms with E-state index < -0.39 is 0 Å². The van der Waals surface area contributed by atoms with Crippen LogP contribution in [0.4, 0.5) is 0 Å². The predicted molar refractivity (Wildman–Crippen MR) is 83.1 cm³/mol. The standard InChI is InChI=1S/C18H18N2/c1-3-17-14(2)18(15-10-6-4-7-11-15)20(19-17)16-12-8-5-9-13-16/h4-13H,3H2,1-2H3. The van der Waals surface area contributed by atoms with Crippen LogP contribution >= 0.6 is 0 Å². The molecule has 0 bridgehead atoms. The number of aryl methyl sites for hydroxylation is 1. The van der Waals surface area contributed by atoms with Crippen LogP contribution in [-0.4, -0.2) is 9.78 Å². The lowest BCUT2D eigenvalue weighted by Crippen LogP contribution is -1.99. The van der Waals surface area contributed by atoms with Gasteiger partial charge in [0.1, 0.15) is 0 Å². The first-order chi connectivity index (χ1) is 9.81. The van der Waals surface area contributed by atoms with E-state index in [4.69, 9.17) is 5.10 Å². The summed E-state index contributed by atoms with van der Waals surface area (Å²) >= 11 is 0. The average Bonchev–Trinajstić information content (AvgIpc) is 2.86. The van der Waals surface area contributed by atoms with Crippen LogP contribution in [0, 0.1) is 6.92 Å². The van der Waals surface area contributed by atoms with Crippen LogP contribution in [0.2, 0.25) is 0 Å². The van der Waals surface area contributed by atoms with Gasteiger partial charge in [-0.15, -0.1) is 0 Å². The van der Waals surface area contributed by atoms with Crippen molar-refractivity contribution in [3.63, 3.8) is 0 Å². The summed E-state index contributed by atoms with van der Waals surface area (Å²) in [5.74, 6) is 0. The van der Waals surface area contributed by atoms with Crippen LogP contribution in [0.25, 0.3) is 16.9 Å². The van der Waals surface area contributed by atoms with Crippen molar-refractivity contribution >= 4 is 0 Å². The lowest BCUT2D eigenvalue weighted by atomic mass is 10.1. The third-order valence-electron chi connectivity index (χ3n) is 3.60. The maximum Gasteiger partial charge on any atom is 0.0773 e. The van der Waals surface area contributed by atoms with E-state index in [0.717, 1.165) is 17.8 Å². The SMILES string of the molecule is CCc1nn(-c2ccccc2)c(-c2ccccc2)c1C. The summed E-state index contributed by atoms with van der Waals surface area (Å²) in [6.07, 6.45) is 0.950. The van der Waals surface area contributed by atoms with E-state index in [1.807, 2.05) is 24.3 Å². The van der Waals surface area contributed by atoms with Crippen LogP contribution in [-0.2, 0) is 6.42 Å². The Labute approximate surface area is 119 Å². The fourth-order valence-electron chi connectivity index (χ4n) is 2.57. The molecule has 0 aliphatic carbocycles. The Kier molecular flexibility index (Phi) is 3.38. The Morgan fingerprint density at radius 2 is 1.50 bits per heavy atom. The van der Waals surface area contributed by atoms with Crippen LogP contribution in [0.3, 0.4) is 0 Å². The third kappa shape index (κ3) is 2.14. The zero-order valence-corrected chi connectivity index (χ0v) is 11.9. The van der Waals surface area contributed by atoms with Crippen molar-refractivity contribution in [3.8, 4) is 16.9 Å². The topological polar surface area (TPSA) is 17.8 Å². The van der Waals surface area contributed by atoms with Crippen molar-refractivity contribution in [3.05, 3.63) is 71.9 Å². The minimum absolute atomic E-state index is 0.950. The molecule has 2 aromatic carbocycles. The molecule has 0 saturated heterocycles. The van der Waals surface area contributed by atoms with Gasteiger partial charge in [-0.05, 0) is 31.0 Å². The molecule has 0 amide bonds. The largest absolute Gasteiger partial charge is 0.233 e. The Bertz CT molecular complexity index is 697. The van der Waals surface area contributed by atoms with Gasteiger partial charge < -0.3 is 0 Å². The highest BCUT2D eigenvalue weighted by molar-refractivity contribution is 5.66. The molecule has 0 fully saturated rings. The number of aromatic nitrogens is 2. The van der Waals surface area contributed by atoms with Crippen LogP contribution in [0.1, 0.15) is 18.2 Å². The second kappa shape index (κ2) is 5.33. The normalized spacial score (nSPS) is 10.7. The van der Waals surface area contributed by atoms with E-state index in [-0.39, 0.29) is 0 Å². The average molecular weight is 262 g/mol. The van der Waals surface area contributed by atoms with Crippen LogP contribution in [0.15, 0.2) is 60.7 Å². The van der Waals surface area contributed by atoms with Gasteiger partial charge in [-0.3, -0.25) is 0 Å². The highest BCUT2D eigenvalue weighted by Crippen LogP contribution is 2.28. The van der Waals surface area contributed by atoms with Gasteiger partial charge in [-0.2, -0.15) is 5.10 Å². The van der Waals surface area contributed by atoms with Crippen molar-refractivity contribution in [2.45, 2.75) is 20.3 Å². The molecule has 0 radical (unpaired) electrons. The number of nitrogens with zero attached hydrogens (tertiary/aromatic N) is 2. The van der Waals surface area contributed by atoms with E-state index in [0.29, 0.717) is 0 Å². The van der Waals surface area contributed by atoms with E-state index >= 15 is 0 Å². The molecule has 0 N–H and O–H groups in total. The van der Waals surface area contributed by atoms with Crippen molar-refractivity contribution in [1.82, 2.24) is 9.78 Å². The summed E-state index contributed by atoms with van der Waals surface area (Å²) in [6, 6.07) is 20.8. The molecule has 0 atom stereocenters. The summed E-state index contributed by atoms with van der Waals surface area (Å²) in [4.78, 5) is 0. The summed E-state index contributed by atoms with van der Waals surface area (Å²) in [5, 5.41) is 4.79. The van der Waals surface area contributed by atoms with Gasteiger partial charge in [0.25, 0.3) is 0 Å². The van der Waals surface area contributed by atoms with Gasteiger partial charge in [0, 0.05) is 5.56 Å². The highest BCUT2D eigenvalue weighted by Gasteiger charge is 2.15. The molecule has 0 saturated carbocycles. The van der Waals surface area contributed by atoms with Crippen molar-refractivity contribution in [1.29, 1.82) is 0 Å². The van der Waals surface area contributed by atoms with Crippen molar-refractivity contribution in [2.24, 2.45) is 0 Å². The predicted octanol–water partition coefficient (Wildman–Crippen LogP) is 4.41. The summed E-state index contributed by atoms with van der Waals surface area (Å²) in [6.45, 7) is 4.31. The van der Waals surface area contributed by atoms with E-state index in [2.05, 4.69) is 54.9 Å². The van der Waals surface area contributed by atoms with Gasteiger partial charge in [-0.1, -0.05) is 55.5 Å². The second-order valence-electron chi connectivity index (χ2n) is 4.89. The van der Waals surface area contributed by atoms with Crippen LogP contribution < -0.4 is 0 Å². The molecule has 20 heavy (non-hydrogen) atoms. The fourth-order valence-corrected chi connectivity index (χ4v) is 2.57. The number of rotatable bonds is 3. The van der Waals surface area contributed by atoms with Gasteiger partial charge in [0.2, 0.25) is 0 Å². The first-order valence-corrected chi connectivity index (χ1v) is 7.00. The first kappa shape index (κ1) is 12.7. The maximum atomic E-state index is 4.79. The van der Waals surface area contributed by atoms with E-state index in [9.17, 15) is 0 Å². The van der Waals surface area contributed by atoms with Gasteiger partial charge >= 0.3 is 0 Å². The minimum atomic E-state index is 0.950. The Balaban J connectivity index is 2.25. The molecule has 100 valence electrons. The number of benzene rings is 2. The van der Waals surface area contributed by atoms with E-state index in [1.54, 1.807) is 0 Å². The van der Waals surface area contributed by atoms with Crippen LogP contribution in [0.5, 0.6) is 0 Å². The van der Waals surface area contributed by atoms with Gasteiger partial charge in [0.05, 0.1) is 17.1 Å². The summed E-state index contributed by atoms with van der Waals surface area (Å²) in [5.41, 5.74) is 5.93. The molecule has 2 nitrogen and oxygen atoms in total. The molecule has 0 aliphatic heterocycles. The zero-order chi connectivity index (χ0) is 13.9. The van der Waals surface area contributed by atoms with E-state index in [1.165, 1.54) is 16.8 Å². The molecule has 3 rings (SSSR count). The third-order valence-corrected chi connectivity index (χ3v) is 3.60. The zero-order valence-electron chi connectivity index (χ0n) is 11.9. The monoisotopic (exact) mass is 262 g/mol. The molecular formula is C18H18N2. The Hall–Kier alpha value is -2.35. The Morgan fingerprint density at radius 3 is 2.10 bits per heavy atom. The molecule has 1 aromatic heterocycles. The minimum Gasteiger partial charge on any atom is -0.233 e. The lowest BCUT2D eigenvalue weighted by molar-refractivity contribution is 0.846. The molecular weight excluding hydrogens is 244 g/mol. The highest BCUT2D eigenvalue weighted by atomic mass is 15.3. The van der Waals surface area contributed by atoms with Crippen molar-refractivity contribution in [2.75, 3.05) is 0 Å².